The third-order valence-electron chi connectivity index (χ3n) is 7.48. The highest BCUT2D eigenvalue weighted by Gasteiger charge is 2.43. The van der Waals surface area contributed by atoms with Crippen molar-refractivity contribution in [1.29, 1.82) is 0 Å². The zero-order valence-electron chi connectivity index (χ0n) is 20.9. The molecule has 2 fully saturated rings. The summed E-state index contributed by atoms with van der Waals surface area (Å²) in [5, 5.41) is 0. The van der Waals surface area contributed by atoms with Crippen molar-refractivity contribution in [2.24, 2.45) is 11.7 Å². The lowest BCUT2D eigenvalue weighted by Gasteiger charge is -2.40. The number of benzene rings is 2. The number of piperazine rings is 1. The van der Waals surface area contributed by atoms with E-state index in [-0.39, 0.29) is 23.8 Å². The summed E-state index contributed by atoms with van der Waals surface area (Å²) in [5.74, 6) is 0.438. The zero-order valence-corrected chi connectivity index (χ0v) is 20.9. The average Bonchev–Trinajstić information content (AvgIpc) is 3.29. The van der Waals surface area contributed by atoms with E-state index in [0.717, 1.165) is 25.1 Å². The van der Waals surface area contributed by atoms with Crippen LogP contribution in [-0.4, -0.2) is 60.4 Å². The van der Waals surface area contributed by atoms with Gasteiger partial charge in [-0.3, -0.25) is 9.59 Å². The number of carbonyl (C=O) groups excluding carboxylic acids is 2. The van der Waals surface area contributed by atoms with Gasteiger partial charge in [0.1, 0.15) is 6.04 Å². The van der Waals surface area contributed by atoms with Gasteiger partial charge in [-0.05, 0) is 36.5 Å². The summed E-state index contributed by atoms with van der Waals surface area (Å²) < 4.78 is 0. The van der Waals surface area contributed by atoms with Gasteiger partial charge in [-0.25, -0.2) is 0 Å². The lowest BCUT2D eigenvalue weighted by Crippen LogP contribution is -2.55. The molecule has 2 amide bonds. The third-order valence-corrected chi connectivity index (χ3v) is 7.48. The minimum absolute atomic E-state index is 0.0243. The van der Waals surface area contributed by atoms with E-state index < -0.39 is 6.04 Å². The van der Waals surface area contributed by atoms with Gasteiger partial charge < -0.3 is 20.4 Å². The number of nitrogens with two attached hydrogens (primary N) is 1. The van der Waals surface area contributed by atoms with E-state index in [0.29, 0.717) is 25.6 Å². The molecule has 0 spiro atoms. The molecule has 0 aliphatic carbocycles. The van der Waals surface area contributed by atoms with Crippen molar-refractivity contribution >= 4 is 17.5 Å². The predicted octanol–water partition coefficient (Wildman–Crippen LogP) is 3.70. The quantitative estimate of drug-likeness (QED) is 0.736. The predicted molar refractivity (Wildman–Crippen MR) is 137 cm³/mol. The van der Waals surface area contributed by atoms with Crippen LogP contribution in [0.4, 0.5) is 5.69 Å². The van der Waals surface area contributed by atoms with E-state index in [4.69, 9.17) is 5.73 Å². The van der Waals surface area contributed by atoms with Crippen LogP contribution in [0.3, 0.4) is 0 Å². The molecule has 2 heterocycles. The number of hydrogen-bond acceptors (Lipinski definition) is 4. The van der Waals surface area contributed by atoms with Crippen LogP contribution in [0.15, 0.2) is 48.5 Å². The summed E-state index contributed by atoms with van der Waals surface area (Å²) in [7, 11) is 0. The summed E-state index contributed by atoms with van der Waals surface area (Å²) in [6.07, 6.45) is 0.819. The molecule has 2 aliphatic rings. The van der Waals surface area contributed by atoms with E-state index in [1.54, 1.807) is 11.8 Å². The van der Waals surface area contributed by atoms with Crippen molar-refractivity contribution in [3.63, 3.8) is 0 Å². The summed E-state index contributed by atoms with van der Waals surface area (Å²) in [5.41, 5.74) is 11.3. The largest absolute Gasteiger partial charge is 0.368 e. The molecular formula is C28H38N4O2. The molecule has 2 aromatic carbocycles. The average molecular weight is 463 g/mol. The van der Waals surface area contributed by atoms with Crippen molar-refractivity contribution in [3.8, 4) is 0 Å². The Hall–Kier alpha value is -2.86. The first-order chi connectivity index (χ1) is 16.3. The van der Waals surface area contributed by atoms with Gasteiger partial charge in [-0.1, -0.05) is 61.9 Å². The lowest BCUT2D eigenvalue weighted by atomic mass is 9.90. The molecule has 6 heteroatoms. The second kappa shape index (κ2) is 10.2. The van der Waals surface area contributed by atoms with E-state index >= 15 is 0 Å². The Balaban J connectivity index is 1.51. The molecule has 4 rings (SSSR count). The van der Waals surface area contributed by atoms with Gasteiger partial charge in [0.05, 0.1) is 0 Å². The minimum Gasteiger partial charge on any atom is -0.368 e. The fourth-order valence-electron chi connectivity index (χ4n) is 5.44. The topological polar surface area (TPSA) is 69.9 Å². The Kier molecular flexibility index (Phi) is 7.27. The molecule has 6 nitrogen and oxygen atoms in total. The molecule has 0 bridgehead atoms. The molecule has 0 aromatic heterocycles. The smallest absolute Gasteiger partial charge is 0.246 e. The van der Waals surface area contributed by atoms with Crippen molar-refractivity contribution in [2.45, 2.75) is 52.1 Å². The standard InChI is InChI=1S/C28H38N4O2/c1-19(2)26(29)24-18-20(3)10-11-25(24)30-14-16-31(17-15-30)28(34)27-23(12-13-32(27)21(4)33)22-8-6-5-7-9-22/h5-11,18-19,23,26-27H,12-17,29H2,1-4H3/t23-,26+,27-/m1/s1. The number of likely N-dealkylation sites (tertiary alicyclic amines) is 1. The first-order valence-corrected chi connectivity index (χ1v) is 12.5. The Morgan fingerprint density at radius 2 is 1.65 bits per heavy atom. The van der Waals surface area contributed by atoms with Gasteiger partial charge in [-0.2, -0.15) is 0 Å². The van der Waals surface area contributed by atoms with Gasteiger partial charge in [0.25, 0.3) is 0 Å². The highest BCUT2D eigenvalue weighted by atomic mass is 16.2. The second-order valence-corrected chi connectivity index (χ2v) is 10.1. The minimum atomic E-state index is -0.421. The SMILES string of the molecule is CC(=O)N1CC[C@H](c2ccccc2)[C@@H]1C(=O)N1CCN(c2ccc(C)cc2[C@@H](N)C(C)C)CC1. The molecule has 0 radical (unpaired) electrons. The van der Waals surface area contributed by atoms with E-state index in [1.165, 1.54) is 16.8 Å². The van der Waals surface area contributed by atoms with Crippen molar-refractivity contribution in [3.05, 3.63) is 65.2 Å². The van der Waals surface area contributed by atoms with Crippen molar-refractivity contribution < 1.29 is 9.59 Å². The van der Waals surface area contributed by atoms with Crippen LogP contribution in [0.25, 0.3) is 0 Å². The number of anilines is 1. The molecule has 3 atom stereocenters. The Labute approximate surface area is 203 Å². The van der Waals surface area contributed by atoms with E-state index in [1.807, 2.05) is 23.1 Å². The van der Waals surface area contributed by atoms with Gasteiger partial charge in [0.15, 0.2) is 0 Å². The van der Waals surface area contributed by atoms with Crippen LogP contribution in [0, 0.1) is 12.8 Å². The molecule has 182 valence electrons. The van der Waals surface area contributed by atoms with E-state index in [2.05, 4.69) is 56.0 Å². The van der Waals surface area contributed by atoms with Crippen LogP contribution in [0.1, 0.15) is 55.8 Å². The molecule has 2 N–H and O–H groups in total. The molecular weight excluding hydrogens is 424 g/mol. The fourth-order valence-corrected chi connectivity index (χ4v) is 5.44. The highest BCUT2D eigenvalue weighted by molar-refractivity contribution is 5.89. The summed E-state index contributed by atoms with van der Waals surface area (Å²) in [6.45, 7) is 11.4. The molecule has 0 saturated carbocycles. The molecule has 2 aliphatic heterocycles. The second-order valence-electron chi connectivity index (χ2n) is 10.1. The maximum Gasteiger partial charge on any atom is 0.246 e. The van der Waals surface area contributed by atoms with E-state index in [9.17, 15) is 9.59 Å². The van der Waals surface area contributed by atoms with Crippen LogP contribution in [0.5, 0.6) is 0 Å². The first kappa shape index (κ1) is 24.3. The fraction of sp³-hybridized carbons (Fsp3) is 0.500. The van der Waals surface area contributed by atoms with Crippen LogP contribution < -0.4 is 10.6 Å². The number of aryl methyl sites for hydroxylation is 1. The summed E-state index contributed by atoms with van der Waals surface area (Å²) >= 11 is 0. The number of rotatable bonds is 5. The van der Waals surface area contributed by atoms with Crippen LogP contribution in [0.2, 0.25) is 0 Å². The summed E-state index contributed by atoms with van der Waals surface area (Å²) in [4.78, 5) is 32.2. The van der Waals surface area contributed by atoms with Crippen LogP contribution >= 0.6 is 0 Å². The molecule has 2 aromatic rings. The summed E-state index contributed by atoms with van der Waals surface area (Å²) in [6, 6.07) is 16.2. The monoisotopic (exact) mass is 462 g/mol. The molecule has 2 saturated heterocycles. The number of carbonyl (C=O) groups is 2. The van der Waals surface area contributed by atoms with Crippen molar-refractivity contribution in [2.75, 3.05) is 37.6 Å². The third kappa shape index (κ3) is 4.83. The Morgan fingerprint density at radius 1 is 0.971 bits per heavy atom. The van der Waals surface area contributed by atoms with Crippen molar-refractivity contribution in [1.82, 2.24) is 9.80 Å². The maximum atomic E-state index is 13.7. The van der Waals surface area contributed by atoms with Crippen LogP contribution in [-0.2, 0) is 9.59 Å². The highest BCUT2D eigenvalue weighted by Crippen LogP contribution is 2.35. The number of nitrogens with zero attached hydrogens (tertiary/aromatic N) is 3. The Morgan fingerprint density at radius 3 is 2.26 bits per heavy atom. The number of hydrogen-bond donors (Lipinski definition) is 1. The van der Waals surface area contributed by atoms with Gasteiger partial charge in [-0.15, -0.1) is 0 Å². The lowest BCUT2D eigenvalue weighted by molar-refractivity contribution is -0.143. The van der Waals surface area contributed by atoms with Gasteiger partial charge in [0, 0.05) is 57.3 Å². The number of amides is 2. The first-order valence-electron chi connectivity index (χ1n) is 12.5. The normalized spacial score (nSPS) is 21.8. The van der Waals surface area contributed by atoms with Gasteiger partial charge >= 0.3 is 0 Å². The Bertz CT molecular complexity index is 1010. The molecule has 34 heavy (non-hydrogen) atoms. The van der Waals surface area contributed by atoms with Gasteiger partial charge in [0.2, 0.25) is 11.8 Å². The zero-order chi connectivity index (χ0) is 24.4. The molecule has 0 unspecified atom stereocenters. The maximum absolute atomic E-state index is 13.7.